The van der Waals surface area contributed by atoms with Crippen molar-refractivity contribution in [2.75, 3.05) is 17.8 Å². The molecule has 2 aromatic carbocycles. The number of nitrogens with zero attached hydrogens (tertiary/aromatic N) is 2. The van der Waals surface area contributed by atoms with Crippen molar-refractivity contribution in [2.24, 2.45) is 5.92 Å². The predicted molar refractivity (Wildman–Crippen MR) is 124 cm³/mol. The van der Waals surface area contributed by atoms with Gasteiger partial charge in [0.05, 0.1) is 9.79 Å². The molecule has 34 heavy (non-hydrogen) atoms. The Morgan fingerprint density at radius 3 is 2.32 bits per heavy atom. The molecule has 3 heterocycles. The highest BCUT2D eigenvalue weighted by molar-refractivity contribution is 7.92. The van der Waals surface area contributed by atoms with E-state index in [1.807, 2.05) is 0 Å². The molecule has 8 nitrogen and oxygen atoms in total. The van der Waals surface area contributed by atoms with Crippen LogP contribution in [0.15, 0.2) is 81.3 Å². The van der Waals surface area contributed by atoms with Gasteiger partial charge in [-0.05, 0) is 54.8 Å². The van der Waals surface area contributed by atoms with Crippen molar-refractivity contribution < 1.29 is 21.2 Å². The molecule has 1 fully saturated rings. The van der Waals surface area contributed by atoms with Gasteiger partial charge in [0, 0.05) is 31.2 Å². The standard InChI is InChI=1S/C23H22FN3O5S2/c24-18-5-4-8-20(12-18)33(29,30)25-21-9-10-22-17-11-16(14-27(22)23(21)28)13-26(15-17)34(31,32)19-6-2-1-3-7-19/h1-10,12,16-17,25H,11,13-15H2. The number of halogens is 1. The van der Waals surface area contributed by atoms with Crippen LogP contribution in [0.25, 0.3) is 0 Å². The number of sulfonamides is 2. The second-order valence-corrected chi connectivity index (χ2v) is 12.2. The van der Waals surface area contributed by atoms with Gasteiger partial charge in [-0.3, -0.25) is 9.52 Å². The first-order valence-corrected chi connectivity index (χ1v) is 13.6. The molecule has 2 atom stereocenters. The minimum atomic E-state index is -4.15. The van der Waals surface area contributed by atoms with E-state index in [1.165, 1.54) is 27.1 Å². The Kier molecular flexibility index (Phi) is 5.58. The molecule has 11 heteroatoms. The largest absolute Gasteiger partial charge is 0.310 e. The molecule has 2 aliphatic rings. The fourth-order valence-corrected chi connectivity index (χ4v) is 7.43. The van der Waals surface area contributed by atoms with E-state index in [1.54, 1.807) is 36.4 Å². The number of benzene rings is 2. The maximum absolute atomic E-state index is 13.5. The van der Waals surface area contributed by atoms with Gasteiger partial charge >= 0.3 is 0 Å². The zero-order valence-corrected chi connectivity index (χ0v) is 19.6. The molecule has 2 bridgehead atoms. The Morgan fingerprint density at radius 2 is 1.59 bits per heavy atom. The van der Waals surface area contributed by atoms with Crippen LogP contribution in [-0.2, 0) is 26.6 Å². The summed E-state index contributed by atoms with van der Waals surface area (Å²) in [6, 6.07) is 15.8. The van der Waals surface area contributed by atoms with Crippen LogP contribution in [0.5, 0.6) is 0 Å². The third kappa shape index (κ3) is 4.04. The van der Waals surface area contributed by atoms with E-state index in [4.69, 9.17) is 0 Å². The van der Waals surface area contributed by atoms with Crippen LogP contribution in [0.1, 0.15) is 18.0 Å². The first kappa shape index (κ1) is 22.8. The molecule has 3 aromatic rings. The third-order valence-electron chi connectivity index (χ3n) is 6.30. The first-order chi connectivity index (χ1) is 16.1. The second-order valence-electron chi connectivity index (χ2n) is 8.58. The Balaban J connectivity index is 1.44. The van der Waals surface area contributed by atoms with Gasteiger partial charge in [-0.1, -0.05) is 24.3 Å². The molecule has 0 amide bonds. The van der Waals surface area contributed by atoms with E-state index in [-0.39, 0.29) is 46.9 Å². The lowest BCUT2D eigenvalue weighted by Gasteiger charge is -2.42. The minimum Gasteiger partial charge on any atom is -0.310 e. The van der Waals surface area contributed by atoms with Gasteiger partial charge in [-0.2, -0.15) is 4.31 Å². The number of hydrogen-bond acceptors (Lipinski definition) is 5. The number of pyridine rings is 1. The van der Waals surface area contributed by atoms with Crippen LogP contribution in [-0.4, -0.2) is 38.8 Å². The summed E-state index contributed by atoms with van der Waals surface area (Å²) in [4.78, 5) is 13.1. The van der Waals surface area contributed by atoms with Crippen molar-refractivity contribution in [1.82, 2.24) is 8.87 Å². The van der Waals surface area contributed by atoms with Crippen molar-refractivity contribution in [3.8, 4) is 0 Å². The Hall–Kier alpha value is -3.02. The molecule has 178 valence electrons. The third-order valence-corrected chi connectivity index (χ3v) is 9.51. The van der Waals surface area contributed by atoms with Crippen molar-refractivity contribution in [3.63, 3.8) is 0 Å². The molecule has 0 aliphatic carbocycles. The topological polar surface area (TPSA) is 106 Å². The average Bonchev–Trinajstić information content (AvgIpc) is 2.81. The number of aromatic nitrogens is 1. The Labute approximate surface area is 196 Å². The van der Waals surface area contributed by atoms with E-state index in [0.29, 0.717) is 5.69 Å². The van der Waals surface area contributed by atoms with Crippen LogP contribution >= 0.6 is 0 Å². The molecule has 2 unspecified atom stereocenters. The highest BCUT2D eigenvalue weighted by Gasteiger charge is 2.39. The molecule has 0 saturated carbocycles. The Morgan fingerprint density at radius 1 is 0.853 bits per heavy atom. The minimum absolute atomic E-state index is 0.0856. The molecular formula is C23H22FN3O5S2. The van der Waals surface area contributed by atoms with Crippen molar-refractivity contribution in [1.29, 1.82) is 0 Å². The summed E-state index contributed by atoms with van der Waals surface area (Å²) in [6.07, 6.45) is 0.745. The van der Waals surface area contributed by atoms with Crippen molar-refractivity contribution in [2.45, 2.75) is 28.7 Å². The van der Waals surface area contributed by atoms with Gasteiger partial charge in [0.25, 0.3) is 15.6 Å². The summed E-state index contributed by atoms with van der Waals surface area (Å²) in [5, 5.41) is 0. The Bertz CT molecular complexity index is 1520. The van der Waals surface area contributed by atoms with E-state index in [2.05, 4.69) is 4.72 Å². The van der Waals surface area contributed by atoms with Crippen molar-refractivity contribution in [3.05, 3.63) is 88.6 Å². The summed E-state index contributed by atoms with van der Waals surface area (Å²) in [7, 11) is -7.81. The molecule has 5 rings (SSSR count). The zero-order chi connectivity index (χ0) is 24.1. The highest BCUT2D eigenvalue weighted by Crippen LogP contribution is 2.37. The van der Waals surface area contributed by atoms with Crippen LogP contribution in [0, 0.1) is 11.7 Å². The zero-order valence-electron chi connectivity index (χ0n) is 18.0. The van der Waals surface area contributed by atoms with E-state index >= 15 is 0 Å². The lowest BCUT2D eigenvalue weighted by molar-refractivity contribution is 0.186. The average molecular weight is 504 g/mol. The fourth-order valence-electron chi connectivity index (χ4n) is 4.76. The fraction of sp³-hybridized carbons (Fsp3) is 0.261. The van der Waals surface area contributed by atoms with Gasteiger partial charge in [0.15, 0.2) is 0 Å². The number of anilines is 1. The molecule has 1 aromatic heterocycles. The number of fused-ring (bicyclic) bond motifs is 4. The summed E-state index contributed by atoms with van der Waals surface area (Å²) >= 11 is 0. The first-order valence-electron chi connectivity index (χ1n) is 10.7. The summed E-state index contributed by atoms with van der Waals surface area (Å²) < 4.78 is 70.3. The molecular weight excluding hydrogens is 481 g/mol. The second kappa shape index (κ2) is 8.33. The smallest absolute Gasteiger partial charge is 0.275 e. The van der Waals surface area contributed by atoms with Crippen LogP contribution in [0.3, 0.4) is 0 Å². The summed E-state index contributed by atoms with van der Waals surface area (Å²) in [6.45, 7) is 0.793. The number of piperidine rings is 1. The van der Waals surface area contributed by atoms with E-state index < -0.39 is 31.4 Å². The number of hydrogen-bond donors (Lipinski definition) is 1. The molecule has 1 saturated heterocycles. The maximum Gasteiger partial charge on any atom is 0.275 e. The van der Waals surface area contributed by atoms with Crippen LogP contribution in [0.2, 0.25) is 0 Å². The summed E-state index contributed by atoms with van der Waals surface area (Å²) in [5.41, 5.74) is 0.0243. The molecule has 0 radical (unpaired) electrons. The summed E-state index contributed by atoms with van der Waals surface area (Å²) in [5.74, 6) is -0.974. The lowest BCUT2D eigenvalue weighted by Crippen LogP contribution is -2.49. The van der Waals surface area contributed by atoms with Gasteiger partial charge in [0.1, 0.15) is 11.5 Å². The van der Waals surface area contributed by atoms with Crippen molar-refractivity contribution >= 4 is 25.7 Å². The molecule has 2 aliphatic heterocycles. The number of nitrogens with one attached hydrogen (secondary N) is 1. The highest BCUT2D eigenvalue weighted by atomic mass is 32.2. The lowest BCUT2D eigenvalue weighted by atomic mass is 9.84. The monoisotopic (exact) mass is 503 g/mol. The van der Waals surface area contributed by atoms with Gasteiger partial charge < -0.3 is 4.57 Å². The predicted octanol–water partition coefficient (Wildman–Crippen LogP) is 2.60. The quantitative estimate of drug-likeness (QED) is 0.576. The van der Waals surface area contributed by atoms with Gasteiger partial charge in [-0.25, -0.2) is 21.2 Å². The van der Waals surface area contributed by atoms with E-state index in [9.17, 15) is 26.0 Å². The normalized spacial score (nSPS) is 20.5. The molecule has 0 spiro atoms. The SMILES string of the molecule is O=c1c(NS(=O)(=O)c2cccc(F)c2)ccc2n1CC1CC2CN(S(=O)(=O)c2ccccc2)C1. The van der Waals surface area contributed by atoms with Gasteiger partial charge in [0.2, 0.25) is 10.0 Å². The number of rotatable bonds is 5. The van der Waals surface area contributed by atoms with Crippen LogP contribution in [0.4, 0.5) is 10.1 Å². The van der Waals surface area contributed by atoms with Gasteiger partial charge in [-0.15, -0.1) is 0 Å². The van der Waals surface area contributed by atoms with E-state index in [0.717, 1.165) is 18.6 Å². The molecule has 1 N–H and O–H groups in total. The van der Waals surface area contributed by atoms with Crippen LogP contribution < -0.4 is 10.3 Å². The maximum atomic E-state index is 13.5.